The van der Waals surface area contributed by atoms with Crippen molar-refractivity contribution in [3.8, 4) is 5.75 Å². The molecule has 2 aromatic rings. The number of carbonyl (C=O) groups excluding carboxylic acids is 2. The summed E-state index contributed by atoms with van der Waals surface area (Å²) in [5, 5.41) is 17.1. The molecular weight excluding hydrogens is 569 g/mol. The summed E-state index contributed by atoms with van der Waals surface area (Å²) in [6.07, 6.45) is 6.27. The second-order valence-electron chi connectivity index (χ2n) is 12.1. The van der Waals surface area contributed by atoms with Gasteiger partial charge in [0.1, 0.15) is 17.6 Å². The Morgan fingerprint density at radius 3 is 2.40 bits per heavy atom. The number of nitrogens with one attached hydrogen (secondary N) is 2. The smallest absolute Gasteiger partial charge is 0.307 e. The third-order valence-electron chi connectivity index (χ3n) is 8.36. The average molecular weight is 618 g/mol. The molecule has 0 aromatic heterocycles. The summed E-state index contributed by atoms with van der Waals surface area (Å²) < 4.78 is 19.6. The summed E-state index contributed by atoms with van der Waals surface area (Å²) in [4.78, 5) is 49.7. The number of aliphatic carboxylic acids is 1. The lowest BCUT2D eigenvalue weighted by atomic mass is 9.87. The Balaban J connectivity index is 1.75. The first-order valence-corrected chi connectivity index (χ1v) is 17.4. The number of nitrogens with two attached hydrogens (primary N) is 1. The van der Waals surface area contributed by atoms with Crippen LogP contribution in [0.3, 0.4) is 0 Å². The molecule has 0 saturated heterocycles. The number of carboxylic acid groups (broad SMARTS) is 1. The number of unbranched alkanes of at least 4 members (excludes halogenated alkanes) is 1. The second-order valence-corrected chi connectivity index (χ2v) is 14.6. The molecule has 0 heterocycles. The standard InChI is InChI=1S/C32H48N3O7P/c1-22(2)26(32(38)39)21-43(40,41)30(19-23-11-4-3-5-12-23)35-31(37)27(16-8-9-18-33)34-29(36)20-42-28-17-10-14-24-13-6-7-15-25(24)28/h6-7,10,13-15,17,22-23,26-27,30H,3-5,8-9,11-12,16,18-21,33H2,1-2H3,(H,34,36)(H,35,37)(H,38,39)(H,40,41)/t26?,27-,30?/m0/s1. The van der Waals surface area contributed by atoms with Gasteiger partial charge in [0.2, 0.25) is 13.3 Å². The monoisotopic (exact) mass is 617 g/mol. The van der Waals surface area contributed by atoms with Crippen LogP contribution >= 0.6 is 7.37 Å². The lowest BCUT2D eigenvalue weighted by Gasteiger charge is -2.32. The molecule has 3 rings (SSSR count). The molecule has 1 aliphatic rings. The van der Waals surface area contributed by atoms with Gasteiger partial charge < -0.3 is 31.1 Å². The van der Waals surface area contributed by atoms with Gasteiger partial charge in [0, 0.05) is 11.5 Å². The quantitative estimate of drug-likeness (QED) is 0.124. The maximum Gasteiger partial charge on any atom is 0.307 e. The van der Waals surface area contributed by atoms with Crippen molar-refractivity contribution in [2.24, 2.45) is 23.5 Å². The molecule has 2 aromatic carbocycles. The number of amides is 2. The second kappa shape index (κ2) is 16.8. The predicted octanol–water partition coefficient (Wildman–Crippen LogP) is 4.87. The van der Waals surface area contributed by atoms with Crippen molar-refractivity contribution in [2.45, 2.75) is 83.5 Å². The van der Waals surface area contributed by atoms with Gasteiger partial charge in [-0.15, -0.1) is 0 Å². The van der Waals surface area contributed by atoms with Crippen LogP contribution in [-0.4, -0.2) is 58.9 Å². The molecule has 2 amide bonds. The summed E-state index contributed by atoms with van der Waals surface area (Å²) in [6.45, 7) is 3.52. The van der Waals surface area contributed by atoms with Gasteiger partial charge in [0.15, 0.2) is 6.61 Å². The molecular formula is C32H48N3O7P. The molecule has 1 fully saturated rings. The molecule has 0 aliphatic heterocycles. The third kappa shape index (κ3) is 10.6. The number of hydrogen-bond donors (Lipinski definition) is 5. The van der Waals surface area contributed by atoms with E-state index in [0.717, 1.165) is 42.9 Å². The van der Waals surface area contributed by atoms with Crippen LogP contribution in [0.2, 0.25) is 0 Å². The van der Waals surface area contributed by atoms with E-state index in [1.165, 1.54) is 0 Å². The van der Waals surface area contributed by atoms with Crippen LogP contribution in [0.15, 0.2) is 42.5 Å². The highest BCUT2D eigenvalue weighted by Crippen LogP contribution is 2.51. The Morgan fingerprint density at radius 2 is 1.72 bits per heavy atom. The van der Waals surface area contributed by atoms with E-state index in [-0.39, 0.29) is 24.9 Å². The summed E-state index contributed by atoms with van der Waals surface area (Å²) in [5.41, 5.74) is 5.66. The minimum atomic E-state index is -4.14. The van der Waals surface area contributed by atoms with Gasteiger partial charge in [-0.2, -0.15) is 0 Å². The molecule has 0 bridgehead atoms. The molecule has 11 heteroatoms. The minimum Gasteiger partial charge on any atom is -0.483 e. The Labute approximate surface area is 254 Å². The SMILES string of the molecule is CC(C)C(CP(=O)(O)C(CC1CCCCC1)NC(=O)[C@H](CCCCN)NC(=O)COc1cccc2ccccc12)C(=O)O. The lowest BCUT2D eigenvalue weighted by molar-refractivity contribution is -0.142. The van der Waals surface area contributed by atoms with Gasteiger partial charge in [0.05, 0.1) is 5.92 Å². The molecule has 1 saturated carbocycles. The summed E-state index contributed by atoms with van der Waals surface area (Å²) in [7, 11) is -4.14. The molecule has 238 valence electrons. The van der Waals surface area contributed by atoms with Gasteiger partial charge in [-0.05, 0) is 55.5 Å². The van der Waals surface area contributed by atoms with E-state index in [1.54, 1.807) is 19.9 Å². The molecule has 0 spiro atoms. The largest absolute Gasteiger partial charge is 0.483 e. The molecule has 43 heavy (non-hydrogen) atoms. The number of ether oxygens (including phenoxy) is 1. The third-order valence-corrected chi connectivity index (χ3v) is 10.6. The van der Waals surface area contributed by atoms with Crippen LogP contribution in [0.25, 0.3) is 10.8 Å². The van der Waals surface area contributed by atoms with Crippen molar-refractivity contribution < 1.29 is 33.7 Å². The molecule has 4 atom stereocenters. The first kappa shape index (κ1) is 34.5. The van der Waals surface area contributed by atoms with Crippen molar-refractivity contribution in [2.75, 3.05) is 19.3 Å². The van der Waals surface area contributed by atoms with Gasteiger partial charge in [0.25, 0.3) is 5.91 Å². The van der Waals surface area contributed by atoms with Crippen molar-refractivity contribution in [1.82, 2.24) is 10.6 Å². The fourth-order valence-corrected chi connectivity index (χ4v) is 8.13. The zero-order chi connectivity index (χ0) is 31.4. The number of benzene rings is 2. The van der Waals surface area contributed by atoms with E-state index in [1.807, 2.05) is 36.4 Å². The zero-order valence-electron chi connectivity index (χ0n) is 25.4. The van der Waals surface area contributed by atoms with Crippen LogP contribution < -0.4 is 21.1 Å². The van der Waals surface area contributed by atoms with Gasteiger partial charge >= 0.3 is 5.97 Å². The normalized spacial score (nSPS) is 17.5. The van der Waals surface area contributed by atoms with E-state index >= 15 is 0 Å². The van der Waals surface area contributed by atoms with Crippen molar-refractivity contribution in [3.05, 3.63) is 42.5 Å². The lowest BCUT2D eigenvalue weighted by Crippen LogP contribution is -2.51. The zero-order valence-corrected chi connectivity index (χ0v) is 26.3. The average Bonchev–Trinajstić information content (AvgIpc) is 2.98. The fraction of sp³-hybridized carbons (Fsp3) is 0.594. The van der Waals surface area contributed by atoms with E-state index in [2.05, 4.69) is 10.6 Å². The number of carboxylic acids is 1. The number of rotatable bonds is 17. The van der Waals surface area contributed by atoms with E-state index < -0.39 is 49.1 Å². The van der Waals surface area contributed by atoms with Gasteiger partial charge in [-0.25, -0.2) is 0 Å². The summed E-state index contributed by atoms with van der Waals surface area (Å²) in [6, 6.07) is 12.2. The highest BCUT2D eigenvalue weighted by Gasteiger charge is 2.40. The van der Waals surface area contributed by atoms with Crippen LogP contribution in [0.5, 0.6) is 5.75 Å². The Bertz CT molecular complexity index is 1260. The summed E-state index contributed by atoms with van der Waals surface area (Å²) in [5.74, 6) is -3.98. The first-order chi connectivity index (χ1) is 20.5. The van der Waals surface area contributed by atoms with Crippen LogP contribution in [0.1, 0.15) is 71.6 Å². The topological polar surface area (TPSA) is 168 Å². The Hall–Kier alpha value is -2.94. The molecule has 10 nitrogen and oxygen atoms in total. The van der Waals surface area contributed by atoms with E-state index in [9.17, 15) is 28.9 Å². The van der Waals surface area contributed by atoms with Gasteiger partial charge in [-0.1, -0.05) is 82.3 Å². The highest BCUT2D eigenvalue weighted by atomic mass is 31.2. The number of carbonyl (C=O) groups is 3. The van der Waals surface area contributed by atoms with E-state index in [4.69, 9.17) is 10.5 Å². The molecule has 0 radical (unpaired) electrons. The number of fused-ring (bicyclic) bond motifs is 1. The predicted molar refractivity (Wildman–Crippen MR) is 168 cm³/mol. The van der Waals surface area contributed by atoms with Crippen LogP contribution in [0.4, 0.5) is 0 Å². The first-order valence-electron chi connectivity index (χ1n) is 15.5. The van der Waals surface area contributed by atoms with Crippen molar-refractivity contribution in [1.29, 1.82) is 0 Å². The molecule has 1 aliphatic carbocycles. The fourth-order valence-electron chi connectivity index (χ4n) is 5.77. The maximum absolute atomic E-state index is 13.8. The number of hydrogen-bond acceptors (Lipinski definition) is 6. The van der Waals surface area contributed by atoms with Crippen LogP contribution in [0, 0.1) is 17.8 Å². The summed E-state index contributed by atoms with van der Waals surface area (Å²) >= 11 is 0. The Kier molecular flexibility index (Phi) is 13.5. The minimum absolute atomic E-state index is 0.154. The Morgan fingerprint density at radius 1 is 1.02 bits per heavy atom. The van der Waals surface area contributed by atoms with Crippen LogP contribution in [-0.2, 0) is 18.9 Å². The van der Waals surface area contributed by atoms with Crippen molar-refractivity contribution in [3.63, 3.8) is 0 Å². The van der Waals surface area contributed by atoms with Gasteiger partial charge in [-0.3, -0.25) is 18.9 Å². The molecule has 6 N–H and O–H groups in total. The van der Waals surface area contributed by atoms with E-state index in [0.29, 0.717) is 31.6 Å². The highest BCUT2D eigenvalue weighted by molar-refractivity contribution is 7.58. The maximum atomic E-state index is 13.8. The molecule has 3 unspecified atom stereocenters. The van der Waals surface area contributed by atoms with Crippen molar-refractivity contribution >= 4 is 35.9 Å².